The molecule has 2 aromatic carbocycles. The molecule has 0 radical (unpaired) electrons. The van der Waals surface area contributed by atoms with Crippen LogP contribution in [0, 0.1) is 13.8 Å². The second-order valence-corrected chi connectivity index (χ2v) is 7.90. The van der Waals surface area contributed by atoms with E-state index >= 15 is 0 Å². The number of aryl methyl sites for hydroxylation is 2. The van der Waals surface area contributed by atoms with Gasteiger partial charge in [0.1, 0.15) is 0 Å². The Balaban J connectivity index is 1.84. The van der Waals surface area contributed by atoms with Gasteiger partial charge in [0.15, 0.2) is 0 Å². The predicted octanol–water partition coefficient (Wildman–Crippen LogP) is 3.77. The van der Waals surface area contributed by atoms with Gasteiger partial charge in [0.05, 0.1) is 24.8 Å². The summed E-state index contributed by atoms with van der Waals surface area (Å²) in [7, 11) is 1.76. The summed E-state index contributed by atoms with van der Waals surface area (Å²) in [6.07, 6.45) is 1.97. The fourth-order valence-corrected chi connectivity index (χ4v) is 3.44. The summed E-state index contributed by atoms with van der Waals surface area (Å²) >= 11 is 1.58. The lowest BCUT2D eigenvalue weighted by atomic mass is 10.0. The monoisotopic (exact) mass is 399 g/mol. The van der Waals surface area contributed by atoms with Gasteiger partial charge < -0.3 is 10.6 Å². The molecule has 1 atom stereocenters. The highest BCUT2D eigenvalue weighted by molar-refractivity contribution is 7.98. The second kappa shape index (κ2) is 10.3. The third-order valence-corrected chi connectivity index (χ3v) is 5.41. The topological polar surface area (TPSA) is 61.4 Å². The Kier molecular flexibility index (Phi) is 8.08. The standard InChI is InChI=1S/C22H29N3O2S/c1-15-10-11-18(12-16(15)2)17(3)23-21(26)13-25(4)14-22(27)24-19-8-6-7-9-20(19)28-5/h6-12,17H,13-14H2,1-5H3,(H,23,26)(H,24,27)/t17-/m0/s1. The summed E-state index contributed by atoms with van der Waals surface area (Å²) in [5, 5.41) is 5.91. The number of thioether (sulfide) groups is 1. The number of anilines is 1. The van der Waals surface area contributed by atoms with E-state index < -0.39 is 0 Å². The molecule has 6 heteroatoms. The van der Waals surface area contributed by atoms with Crippen molar-refractivity contribution >= 4 is 29.3 Å². The number of likely N-dealkylation sites (N-methyl/N-ethyl adjacent to an activating group) is 1. The molecule has 150 valence electrons. The number of benzene rings is 2. The van der Waals surface area contributed by atoms with E-state index in [4.69, 9.17) is 0 Å². The van der Waals surface area contributed by atoms with E-state index in [-0.39, 0.29) is 30.9 Å². The molecule has 0 unspecified atom stereocenters. The Labute approximate surface area is 171 Å². The van der Waals surface area contributed by atoms with Crippen molar-refractivity contribution < 1.29 is 9.59 Å². The lowest BCUT2D eigenvalue weighted by molar-refractivity contribution is -0.123. The van der Waals surface area contributed by atoms with Gasteiger partial charge in [-0.15, -0.1) is 11.8 Å². The molecule has 0 spiro atoms. The summed E-state index contributed by atoms with van der Waals surface area (Å²) in [6.45, 7) is 6.41. The molecule has 0 saturated carbocycles. The van der Waals surface area contributed by atoms with Crippen molar-refractivity contribution in [2.75, 3.05) is 31.7 Å². The number of nitrogens with zero attached hydrogens (tertiary/aromatic N) is 1. The largest absolute Gasteiger partial charge is 0.348 e. The molecule has 0 saturated heterocycles. The minimum atomic E-state index is -0.140. The van der Waals surface area contributed by atoms with Crippen LogP contribution in [0.1, 0.15) is 29.7 Å². The predicted molar refractivity (Wildman–Crippen MR) is 117 cm³/mol. The summed E-state index contributed by atoms with van der Waals surface area (Å²) in [5.74, 6) is -0.246. The van der Waals surface area contributed by atoms with Gasteiger partial charge in [0.25, 0.3) is 0 Å². The number of hydrogen-bond acceptors (Lipinski definition) is 4. The van der Waals surface area contributed by atoms with Crippen molar-refractivity contribution in [2.24, 2.45) is 0 Å². The highest BCUT2D eigenvalue weighted by atomic mass is 32.2. The van der Waals surface area contributed by atoms with Crippen molar-refractivity contribution in [1.82, 2.24) is 10.2 Å². The van der Waals surface area contributed by atoms with E-state index in [1.54, 1.807) is 23.7 Å². The molecule has 0 aliphatic rings. The Morgan fingerprint density at radius 3 is 2.39 bits per heavy atom. The van der Waals surface area contributed by atoms with Crippen LogP contribution in [0.4, 0.5) is 5.69 Å². The molecule has 2 aromatic rings. The highest BCUT2D eigenvalue weighted by Crippen LogP contribution is 2.24. The first-order valence-corrected chi connectivity index (χ1v) is 10.5. The second-order valence-electron chi connectivity index (χ2n) is 7.05. The van der Waals surface area contributed by atoms with E-state index in [0.717, 1.165) is 16.1 Å². The van der Waals surface area contributed by atoms with Crippen LogP contribution in [-0.2, 0) is 9.59 Å². The van der Waals surface area contributed by atoms with Gasteiger partial charge in [-0.1, -0.05) is 30.3 Å². The van der Waals surface area contributed by atoms with Gasteiger partial charge in [-0.2, -0.15) is 0 Å². The number of rotatable bonds is 8. The van der Waals surface area contributed by atoms with Crippen molar-refractivity contribution in [2.45, 2.75) is 31.7 Å². The maximum absolute atomic E-state index is 12.3. The van der Waals surface area contributed by atoms with Crippen LogP contribution in [0.15, 0.2) is 47.4 Å². The van der Waals surface area contributed by atoms with Crippen LogP contribution < -0.4 is 10.6 Å². The minimum absolute atomic E-state index is 0.0810. The fourth-order valence-electron chi connectivity index (χ4n) is 2.89. The molecule has 0 heterocycles. The van der Waals surface area contributed by atoms with E-state index in [2.05, 4.69) is 36.6 Å². The molecule has 0 aromatic heterocycles. The van der Waals surface area contributed by atoms with Crippen LogP contribution in [-0.4, -0.2) is 43.1 Å². The average molecular weight is 400 g/mol. The Morgan fingerprint density at radius 1 is 1.04 bits per heavy atom. The summed E-state index contributed by atoms with van der Waals surface area (Å²) in [4.78, 5) is 27.4. The smallest absolute Gasteiger partial charge is 0.238 e. The first kappa shape index (κ1) is 22.0. The number of amides is 2. The zero-order valence-corrected chi connectivity index (χ0v) is 18.0. The zero-order valence-electron chi connectivity index (χ0n) is 17.2. The molecule has 2 amide bonds. The molecular weight excluding hydrogens is 370 g/mol. The van der Waals surface area contributed by atoms with E-state index in [1.807, 2.05) is 43.5 Å². The molecule has 2 rings (SSSR count). The minimum Gasteiger partial charge on any atom is -0.348 e. The van der Waals surface area contributed by atoms with Gasteiger partial charge in [-0.05, 0) is 62.9 Å². The molecule has 0 aliphatic heterocycles. The number of hydrogen-bond donors (Lipinski definition) is 2. The molecule has 5 nitrogen and oxygen atoms in total. The lowest BCUT2D eigenvalue weighted by Crippen LogP contribution is -2.39. The Morgan fingerprint density at radius 2 is 1.71 bits per heavy atom. The maximum Gasteiger partial charge on any atom is 0.238 e. The van der Waals surface area contributed by atoms with Gasteiger partial charge in [-0.25, -0.2) is 0 Å². The number of para-hydroxylation sites is 1. The van der Waals surface area contributed by atoms with Gasteiger partial charge in [0.2, 0.25) is 11.8 Å². The number of nitrogens with one attached hydrogen (secondary N) is 2. The summed E-state index contributed by atoms with van der Waals surface area (Å²) < 4.78 is 0. The number of carbonyl (C=O) groups excluding carboxylic acids is 2. The Bertz CT molecular complexity index is 838. The fraction of sp³-hybridized carbons (Fsp3) is 0.364. The van der Waals surface area contributed by atoms with Gasteiger partial charge >= 0.3 is 0 Å². The van der Waals surface area contributed by atoms with E-state index in [0.29, 0.717) is 0 Å². The third-order valence-electron chi connectivity index (χ3n) is 4.62. The Hall–Kier alpha value is -2.31. The first-order valence-electron chi connectivity index (χ1n) is 9.28. The molecule has 2 N–H and O–H groups in total. The quantitative estimate of drug-likeness (QED) is 0.664. The number of carbonyl (C=O) groups is 2. The van der Waals surface area contributed by atoms with Crippen molar-refractivity contribution in [3.05, 3.63) is 59.2 Å². The molecule has 0 fully saturated rings. The van der Waals surface area contributed by atoms with Crippen LogP contribution in [0.3, 0.4) is 0 Å². The SMILES string of the molecule is CSc1ccccc1NC(=O)CN(C)CC(=O)N[C@@H](C)c1ccc(C)c(C)c1. The van der Waals surface area contributed by atoms with Gasteiger partial charge in [-0.3, -0.25) is 14.5 Å². The van der Waals surface area contributed by atoms with E-state index in [9.17, 15) is 9.59 Å². The van der Waals surface area contributed by atoms with Crippen LogP contribution >= 0.6 is 11.8 Å². The van der Waals surface area contributed by atoms with Crippen LogP contribution in [0.2, 0.25) is 0 Å². The van der Waals surface area contributed by atoms with Crippen molar-refractivity contribution in [3.8, 4) is 0 Å². The van der Waals surface area contributed by atoms with Crippen molar-refractivity contribution in [3.63, 3.8) is 0 Å². The third kappa shape index (κ3) is 6.39. The molecule has 0 aliphatic carbocycles. The summed E-state index contributed by atoms with van der Waals surface area (Å²) in [6, 6.07) is 13.8. The first-order chi connectivity index (χ1) is 13.3. The van der Waals surface area contributed by atoms with E-state index in [1.165, 1.54) is 11.1 Å². The van der Waals surface area contributed by atoms with Crippen molar-refractivity contribution in [1.29, 1.82) is 0 Å². The van der Waals surface area contributed by atoms with Gasteiger partial charge in [0, 0.05) is 4.90 Å². The van der Waals surface area contributed by atoms with Crippen LogP contribution in [0.25, 0.3) is 0 Å². The normalized spacial score (nSPS) is 11.9. The molecular formula is C22H29N3O2S. The summed E-state index contributed by atoms with van der Waals surface area (Å²) in [5.41, 5.74) is 4.31. The maximum atomic E-state index is 12.3. The lowest BCUT2D eigenvalue weighted by Gasteiger charge is -2.20. The average Bonchev–Trinajstić information content (AvgIpc) is 2.63. The zero-order chi connectivity index (χ0) is 20.7. The van der Waals surface area contributed by atoms with Crippen LogP contribution in [0.5, 0.6) is 0 Å². The molecule has 28 heavy (non-hydrogen) atoms. The highest BCUT2D eigenvalue weighted by Gasteiger charge is 2.15. The molecule has 0 bridgehead atoms.